The molecular weight excluding hydrogens is 278 g/mol. The van der Waals surface area contributed by atoms with Gasteiger partial charge < -0.3 is 4.74 Å². The highest BCUT2D eigenvalue weighted by Gasteiger charge is 2.22. The quantitative estimate of drug-likeness (QED) is 0.858. The smallest absolute Gasteiger partial charge is 0.241 e. The van der Waals surface area contributed by atoms with E-state index in [0.29, 0.717) is 0 Å². The maximum Gasteiger partial charge on any atom is 0.241 e. The summed E-state index contributed by atoms with van der Waals surface area (Å²) >= 11 is 5.72. The van der Waals surface area contributed by atoms with Gasteiger partial charge in [0.2, 0.25) is 21.9 Å². The molecule has 0 unspecified atom stereocenters. The second-order valence-electron chi connectivity index (χ2n) is 4.98. The second kappa shape index (κ2) is 5.27. The Balaban J connectivity index is 2.94. The lowest BCUT2D eigenvalue weighted by atomic mass is 10.0. The van der Waals surface area contributed by atoms with Crippen LogP contribution in [0.5, 0.6) is 5.88 Å². The number of methoxy groups -OCH3 is 1. The number of sulfonamides is 1. The predicted molar refractivity (Wildman–Crippen MR) is 70.5 cm³/mol. The van der Waals surface area contributed by atoms with E-state index in [0.717, 1.165) is 0 Å². The molecule has 0 radical (unpaired) electrons. The van der Waals surface area contributed by atoms with Gasteiger partial charge in [0.1, 0.15) is 5.15 Å². The summed E-state index contributed by atoms with van der Waals surface area (Å²) in [6.45, 7) is 5.48. The van der Waals surface area contributed by atoms with Gasteiger partial charge in [-0.3, -0.25) is 4.72 Å². The van der Waals surface area contributed by atoms with Crippen molar-refractivity contribution in [3.05, 3.63) is 11.2 Å². The average molecular weight is 294 g/mol. The Hall–Kier alpha value is -1.08. The molecule has 1 N–H and O–H groups in total. The molecule has 6 nitrogen and oxygen atoms in total. The zero-order valence-electron chi connectivity index (χ0n) is 10.7. The van der Waals surface area contributed by atoms with Crippen molar-refractivity contribution in [1.82, 2.24) is 9.97 Å². The van der Waals surface area contributed by atoms with Crippen LogP contribution in [0.3, 0.4) is 0 Å². The molecule has 0 saturated heterocycles. The molecule has 0 bridgehead atoms. The van der Waals surface area contributed by atoms with Crippen molar-refractivity contribution in [2.45, 2.75) is 20.8 Å². The molecule has 0 saturated carbocycles. The Kier molecular flexibility index (Phi) is 4.39. The Morgan fingerprint density at radius 2 is 2.00 bits per heavy atom. The summed E-state index contributed by atoms with van der Waals surface area (Å²) < 4.78 is 30.9. The third-order valence-corrected chi connectivity index (χ3v) is 3.68. The van der Waals surface area contributed by atoms with E-state index >= 15 is 0 Å². The number of hydrogen-bond donors (Lipinski definition) is 1. The largest absolute Gasteiger partial charge is 0.481 e. The first kappa shape index (κ1) is 15.0. The van der Waals surface area contributed by atoms with Crippen molar-refractivity contribution in [3.63, 3.8) is 0 Å². The molecular formula is C10H16ClN3O3S. The number of aromatic nitrogens is 2. The van der Waals surface area contributed by atoms with Gasteiger partial charge in [-0.25, -0.2) is 13.4 Å². The van der Waals surface area contributed by atoms with Gasteiger partial charge in [0.05, 0.1) is 12.9 Å². The molecule has 1 rings (SSSR count). The lowest BCUT2D eigenvalue weighted by molar-refractivity contribution is 0.397. The highest BCUT2D eigenvalue weighted by Crippen LogP contribution is 2.19. The molecule has 18 heavy (non-hydrogen) atoms. The topological polar surface area (TPSA) is 81.2 Å². The van der Waals surface area contributed by atoms with Crippen molar-refractivity contribution in [2.75, 3.05) is 17.6 Å². The Labute approximate surface area is 112 Å². The maximum absolute atomic E-state index is 11.9. The van der Waals surface area contributed by atoms with E-state index < -0.39 is 10.0 Å². The van der Waals surface area contributed by atoms with Crippen LogP contribution in [-0.4, -0.2) is 31.2 Å². The Bertz CT molecular complexity index is 526. The number of nitrogens with one attached hydrogen (secondary N) is 1. The van der Waals surface area contributed by atoms with Gasteiger partial charge in [-0.15, -0.1) is 0 Å². The molecule has 102 valence electrons. The lowest BCUT2D eigenvalue weighted by Gasteiger charge is -2.18. The summed E-state index contributed by atoms with van der Waals surface area (Å²) in [7, 11) is -2.11. The number of anilines is 1. The van der Waals surface area contributed by atoms with Crippen molar-refractivity contribution in [1.29, 1.82) is 0 Å². The van der Waals surface area contributed by atoms with E-state index in [2.05, 4.69) is 14.7 Å². The molecule has 1 aromatic heterocycles. The Morgan fingerprint density at radius 1 is 1.39 bits per heavy atom. The highest BCUT2D eigenvalue weighted by molar-refractivity contribution is 7.92. The van der Waals surface area contributed by atoms with Crippen LogP contribution in [0.4, 0.5) is 5.95 Å². The van der Waals surface area contributed by atoms with Gasteiger partial charge in [0, 0.05) is 6.07 Å². The van der Waals surface area contributed by atoms with Gasteiger partial charge >= 0.3 is 0 Å². The van der Waals surface area contributed by atoms with Gasteiger partial charge in [0.15, 0.2) is 0 Å². The summed E-state index contributed by atoms with van der Waals surface area (Å²) in [5, 5.41) is 0.107. The second-order valence-corrected chi connectivity index (χ2v) is 7.09. The van der Waals surface area contributed by atoms with Crippen LogP contribution >= 0.6 is 11.6 Å². The van der Waals surface area contributed by atoms with Gasteiger partial charge in [-0.2, -0.15) is 4.98 Å². The molecule has 0 aliphatic heterocycles. The SMILES string of the molecule is COc1cc(Cl)nc(NS(=O)(=O)CC(C)(C)C)n1. The fraction of sp³-hybridized carbons (Fsp3) is 0.600. The molecule has 1 heterocycles. The number of hydrogen-bond acceptors (Lipinski definition) is 5. The van der Waals surface area contributed by atoms with E-state index in [9.17, 15) is 8.42 Å². The average Bonchev–Trinajstić information content (AvgIpc) is 2.11. The van der Waals surface area contributed by atoms with Gasteiger partial charge in [-0.05, 0) is 5.41 Å². The fourth-order valence-corrected chi connectivity index (χ4v) is 3.05. The van der Waals surface area contributed by atoms with Crippen LogP contribution in [0.25, 0.3) is 0 Å². The minimum atomic E-state index is -3.52. The van der Waals surface area contributed by atoms with Crippen molar-refractivity contribution in [3.8, 4) is 5.88 Å². The summed E-state index contributed by atoms with van der Waals surface area (Å²) in [5.74, 6) is 0.0603. The Morgan fingerprint density at radius 3 is 2.50 bits per heavy atom. The number of rotatable bonds is 4. The minimum Gasteiger partial charge on any atom is -0.481 e. The highest BCUT2D eigenvalue weighted by atomic mass is 35.5. The molecule has 0 spiro atoms. The first-order chi connectivity index (χ1) is 8.11. The van der Waals surface area contributed by atoms with Crippen molar-refractivity contribution >= 4 is 27.6 Å². The van der Waals surface area contributed by atoms with E-state index in [1.807, 2.05) is 20.8 Å². The maximum atomic E-state index is 11.9. The number of halogens is 1. The summed E-state index contributed by atoms with van der Waals surface area (Å²) in [6, 6.07) is 1.39. The summed E-state index contributed by atoms with van der Waals surface area (Å²) in [6.07, 6.45) is 0. The van der Waals surface area contributed by atoms with Crippen LogP contribution in [0.1, 0.15) is 20.8 Å². The summed E-state index contributed by atoms with van der Waals surface area (Å²) in [4.78, 5) is 7.64. The minimum absolute atomic E-state index is 0.0435. The third kappa shape index (κ3) is 5.05. The molecule has 8 heteroatoms. The predicted octanol–water partition coefficient (Wildman–Crippen LogP) is 1.93. The standard InChI is InChI=1S/C10H16ClN3O3S/c1-10(2,3)6-18(15,16)14-9-12-7(11)5-8(13-9)17-4/h5H,6H2,1-4H3,(H,12,13,14). The van der Waals surface area contributed by atoms with Crippen molar-refractivity contribution < 1.29 is 13.2 Å². The zero-order valence-corrected chi connectivity index (χ0v) is 12.3. The molecule has 0 aliphatic rings. The van der Waals surface area contributed by atoms with Crippen LogP contribution in [0.2, 0.25) is 5.15 Å². The van der Waals surface area contributed by atoms with E-state index in [-0.39, 0.29) is 28.1 Å². The molecule has 0 fully saturated rings. The first-order valence-electron chi connectivity index (χ1n) is 5.20. The monoisotopic (exact) mass is 293 g/mol. The zero-order chi connectivity index (χ0) is 14.0. The van der Waals surface area contributed by atoms with E-state index in [1.165, 1.54) is 13.2 Å². The lowest BCUT2D eigenvalue weighted by Crippen LogP contribution is -2.27. The fourth-order valence-electron chi connectivity index (χ4n) is 1.29. The molecule has 0 amide bonds. The molecule has 0 aromatic carbocycles. The molecule has 0 aliphatic carbocycles. The summed E-state index contributed by atoms with van der Waals surface area (Å²) in [5.41, 5.74) is -0.367. The van der Waals surface area contributed by atoms with E-state index in [4.69, 9.17) is 16.3 Å². The normalized spacial score (nSPS) is 12.3. The molecule has 0 atom stereocenters. The molecule has 1 aromatic rings. The van der Waals surface area contributed by atoms with Crippen LogP contribution in [-0.2, 0) is 10.0 Å². The number of nitrogens with zero attached hydrogens (tertiary/aromatic N) is 2. The van der Waals surface area contributed by atoms with Crippen molar-refractivity contribution in [2.24, 2.45) is 5.41 Å². The number of ether oxygens (including phenoxy) is 1. The van der Waals surface area contributed by atoms with Gasteiger partial charge in [-0.1, -0.05) is 32.4 Å². The van der Waals surface area contributed by atoms with Crippen LogP contribution in [0, 0.1) is 5.41 Å². The first-order valence-corrected chi connectivity index (χ1v) is 7.23. The third-order valence-electron chi connectivity index (χ3n) is 1.75. The van der Waals surface area contributed by atoms with E-state index in [1.54, 1.807) is 0 Å². The van der Waals surface area contributed by atoms with Gasteiger partial charge in [0.25, 0.3) is 0 Å². The van der Waals surface area contributed by atoms with Crippen LogP contribution in [0.15, 0.2) is 6.07 Å². The van der Waals surface area contributed by atoms with Crippen LogP contribution < -0.4 is 9.46 Å².